The van der Waals surface area contributed by atoms with Gasteiger partial charge in [0, 0.05) is 23.2 Å². The average Bonchev–Trinajstić information content (AvgIpc) is 2.29. The van der Waals surface area contributed by atoms with Crippen molar-refractivity contribution < 1.29 is 4.79 Å². The Bertz CT molecular complexity index is 362. The predicted molar refractivity (Wildman–Crippen MR) is 71.3 cm³/mol. The Balaban J connectivity index is 2.80. The van der Waals surface area contributed by atoms with Gasteiger partial charge >= 0.3 is 0 Å². The maximum atomic E-state index is 12.2. The first-order valence-corrected chi connectivity index (χ1v) is 6.20. The molecule has 4 heteroatoms. The molecule has 3 nitrogen and oxygen atoms in total. The Morgan fingerprint density at radius 2 is 1.94 bits per heavy atom. The fourth-order valence-electron chi connectivity index (χ4n) is 1.61. The van der Waals surface area contributed by atoms with Crippen LogP contribution in [0, 0.1) is 0 Å². The Hall–Kier alpha value is -1.06. The fraction of sp³-hybridized carbons (Fsp3) is 0.462. The van der Waals surface area contributed by atoms with E-state index < -0.39 is 0 Å². The standard InChI is InChI=1S/C13H19ClN2O/c1-10(2)16(9-3-8-15)13(17)11-4-6-12(14)7-5-11/h4-7,10H,3,8-9,15H2,1-2H3. The summed E-state index contributed by atoms with van der Waals surface area (Å²) in [4.78, 5) is 14.1. The van der Waals surface area contributed by atoms with Crippen molar-refractivity contribution in [3.05, 3.63) is 34.9 Å². The molecular weight excluding hydrogens is 236 g/mol. The minimum atomic E-state index is 0.0325. The summed E-state index contributed by atoms with van der Waals surface area (Å²) in [5.74, 6) is 0.0325. The van der Waals surface area contributed by atoms with Gasteiger partial charge in [0.05, 0.1) is 0 Å². The number of carbonyl (C=O) groups is 1. The molecule has 0 radical (unpaired) electrons. The van der Waals surface area contributed by atoms with E-state index in [1.807, 2.05) is 18.7 Å². The van der Waals surface area contributed by atoms with Crippen LogP contribution in [0.4, 0.5) is 0 Å². The van der Waals surface area contributed by atoms with Gasteiger partial charge in [0.2, 0.25) is 0 Å². The van der Waals surface area contributed by atoms with Crippen molar-refractivity contribution in [2.45, 2.75) is 26.3 Å². The lowest BCUT2D eigenvalue weighted by atomic mass is 10.1. The van der Waals surface area contributed by atoms with Crippen LogP contribution in [0.5, 0.6) is 0 Å². The molecule has 0 aromatic heterocycles. The zero-order valence-electron chi connectivity index (χ0n) is 10.3. The van der Waals surface area contributed by atoms with Gasteiger partial charge in [-0.05, 0) is 51.1 Å². The SMILES string of the molecule is CC(C)N(CCCN)C(=O)c1ccc(Cl)cc1. The zero-order chi connectivity index (χ0) is 12.8. The summed E-state index contributed by atoms with van der Waals surface area (Å²) < 4.78 is 0. The van der Waals surface area contributed by atoms with Gasteiger partial charge in [-0.15, -0.1) is 0 Å². The molecule has 0 bridgehead atoms. The van der Waals surface area contributed by atoms with E-state index in [4.69, 9.17) is 17.3 Å². The zero-order valence-corrected chi connectivity index (χ0v) is 11.1. The molecule has 0 atom stereocenters. The van der Waals surface area contributed by atoms with Crippen LogP contribution in [0.1, 0.15) is 30.6 Å². The van der Waals surface area contributed by atoms with Gasteiger partial charge in [-0.2, -0.15) is 0 Å². The summed E-state index contributed by atoms with van der Waals surface area (Å²) in [7, 11) is 0. The maximum Gasteiger partial charge on any atom is 0.254 e. The summed E-state index contributed by atoms with van der Waals surface area (Å²) >= 11 is 5.80. The number of hydrogen-bond acceptors (Lipinski definition) is 2. The molecular formula is C13H19ClN2O. The summed E-state index contributed by atoms with van der Waals surface area (Å²) in [6.45, 7) is 5.29. The minimum absolute atomic E-state index is 0.0325. The van der Waals surface area contributed by atoms with Gasteiger partial charge in [0.1, 0.15) is 0 Å². The van der Waals surface area contributed by atoms with Crippen molar-refractivity contribution >= 4 is 17.5 Å². The molecule has 2 N–H and O–H groups in total. The summed E-state index contributed by atoms with van der Waals surface area (Å²) in [6.07, 6.45) is 0.817. The molecule has 0 saturated carbocycles. The molecule has 17 heavy (non-hydrogen) atoms. The van der Waals surface area contributed by atoms with E-state index in [0.717, 1.165) is 6.42 Å². The quantitative estimate of drug-likeness (QED) is 0.878. The van der Waals surface area contributed by atoms with Gasteiger partial charge < -0.3 is 10.6 Å². The van der Waals surface area contributed by atoms with Crippen LogP contribution in [0.2, 0.25) is 5.02 Å². The lowest BCUT2D eigenvalue weighted by Crippen LogP contribution is -2.38. The number of hydrogen-bond donors (Lipinski definition) is 1. The van der Waals surface area contributed by atoms with Crippen molar-refractivity contribution in [1.82, 2.24) is 4.90 Å². The van der Waals surface area contributed by atoms with Crippen molar-refractivity contribution in [3.63, 3.8) is 0 Å². The van der Waals surface area contributed by atoms with E-state index >= 15 is 0 Å². The third-order valence-electron chi connectivity index (χ3n) is 2.58. The molecule has 1 aromatic rings. The lowest BCUT2D eigenvalue weighted by molar-refractivity contribution is 0.0705. The van der Waals surface area contributed by atoms with Gasteiger partial charge in [-0.25, -0.2) is 0 Å². The summed E-state index contributed by atoms with van der Waals surface area (Å²) in [6, 6.07) is 7.14. The number of carbonyl (C=O) groups excluding carboxylic acids is 1. The van der Waals surface area contributed by atoms with Crippen molar-refractivity contribution in [1.29, 1.82) is 0 Å². The Kier molecular flexibility index (Phi) is 5.45. The molecule has 1 aromatic carbocycles. The Labute approximate surface area is 108 Å². The first-order valence-electron chi connectivity index (χ1n) is 5.83. The fourth-order valence-corrected chi connectivity index (χ4v) is 1.74. The van der Waals surface area contributed by atoms with Crippen LogP contribution in [0.3, 0.4) is 0 Å². The van der Waals surface area contributed by atoms with Crippen LogP contribution in [-0.2, 0) is 0 Å². The van der Waals surface area contributed by atoms with Crippen LogP contribution in [0.25, 0.3) is 0 Å². The summed E-state index contributed by atoms with van der Waals surface area (Å²) in [5, 5.41) is 0.639. The molecule has 0 saturated heterocycles. The number of rotatable bonds is 5. The van der Waals surface area contributed by atoms with Gasteiger partial charge in [-0.3, -0.25) is 4.79 Å². The molecule has 0 spiro atoms. The molecule has 0 fully saturated rings. The maximum absolute atomic E-state index is 12.2. The molecule has 1 rings (SSSR count). The molecule has 0 aliphatic carbocycles. The van der Waals surface area contributed by atoms with Crippen LogP contribution in [-0.4, -0.2) is 29.9 Å². The highest BCUT2D eigenvalue weighted by atomic mass is 35.5. The second-order valence-corrected chi connectivity index (χ2v) is 4.68. The van der Waals surface area contributed by atoms with Crippen molar-refractivity contribution in [2.75, 3.05) is 13.1 Å². The molecule has 1 amide bonds. The second-order valence-electron chi connectivity index (χ2n) is 4.24. The normalized spacial score (nSPS) is 10.6. The van der Waals surface area contributed by atoms with Gasteiger partial charge in [0.25, 0.3) is 5.91 Å². The largest absolute Gasteiger partial charge is 0.336 e. The van der Waals surface area contributed by atoms with Crippen LogP contribution in [0.15, 0.2) is 24.3 Å². The molecule has 0 aliphatic heterocycles. The third-order valence-corrected chi connectivity index (χ3v) is 2.83. The average molecular weight is 255 g/mol. The molecule has 0 unspecified atom stereocenters. The number of halogens is 1. The Morgan fingerprint density at radius 3 is 2.41 bits per heavy atom. The van der Waals surface area contributed by atoms with E-state index in [0.29, 0.717) is 23.7 Å². The van der Waals surface area contributed by atoms with E-state index in [9.17, 15) is 4.79 Å². The van der Waals surface area contributed by atoms with Crippen molar-refractivity contribution in [3.8, 4) is 0 Å². The topological polar surface area (TPSA) is 46.3 Å². The van der Waals surface area contributed by atoms with Gasteiger partial charge in [0.15, 0.2) is 0 Å². The minimum Gasteiger partial charge on any atom is -0.336 e. The molecule has 94 valence electrons. The van der Waals surface area contributed by atoms with E-state index in [1.165, 1.54) is 0 Å². The first-order chi connectivity index (χ1) is 8.06. The lowest BCUT2D eigenvalue weighted by Gasteiger charge is -2.26. The van der Waals surface area contributed by atoms with Crippen LogP contribution >= 0.6 is 11.6 Å². The van der Waals surface area contributed by atoms with Crippen LogP contribution < -0.4 is 5.73 Å². The monoisotopic (exact) mass is 254 g/mol. The van der Waals surface area contributed by atoms with E-state index in [2.05, 4.69) is 0 Å². The second kappa shape index (κ2) is 6.62. The van der Waals surface area contributed by atoms with Gasteiger partial charge in [-0.1, -0.05) is 11.6 Å². The number of amides is 1. The first kappa shape index (κ1) is 14.0. The number of nitrogens with zero attached hydrogens (tertiary/aromatic N) is 1. The van der Waals surface area contributed by atoms with E-state index in [1.54, 1.807) is 24.3 Å². The smallest absolute Gasteiger partial charge is 0.254 e. The highest BCUT2D eigenvalue weighted by Crippen LogP contribution is 2.13. The highest BCUT2D eigenvalue weighted by Gasteiger charge is 2.17. The predicted octanol–water partition coefficient (Wildman–Crippen LogP) is 2.54. The molecule has 0 aliphatic rings. The Morgan fingerprint density at radius 1 is 1.35 bits per heavy atom. The number of benzene rings is 1. The summed E-state index contributed by atoms with van der Waals surface area (Å²) in [5.41, 5.74) is 6.15. The molecule has 0 heterocycles. The van der Waals surface area contributed by atoms with E-state index in [-0.39, 0.29) is 11.9 Å². The third kappa shape index (κ3) is 4.02. The number of nitrogens with two attached hydrogens (primary N) is 1. The highest BCUT2D eigenvalue weighted by molar-refractivity contribution is 6.30. The van der Waals surface area contributed by atoms with Crippen molar-refractivity contribution in [2.24, 2.45) is 5.73 Å².